The number of ether oxygens (including phenoxy) is 1. The van der Waals surface area contributed by atoms with Crippen molar-refractivity contribution in [1.29, 1.82) is 0 Å². The second kappa shape index (κ2) is 7.80. The third-order valence-corrected chi connectivity index (χ3v) is 4.35. The van der Waals surface area contributed by atoms with E-state index in [-0.39, 0.29) is 5.91 Å². The average Bonchev–Trinajstić information content (AvgIpc) is 2.77. The molecule has 0 atom stereocenters. The molecule has 0 saturated carbocycles. The molecule has 1 N–H and O–H groups in total. The lowest BCUT2D eigenvalue weighted by molar-refractivity contribution is -0.115. The molecular formula is C23H19N3O2. The number of nitrogens with zero attached hydrogens (tertiary/aromatic N) is 2. The molecule has 0 unspecified atom stereocenters. The van der Waals surface area contributed by atoms with Gasteiger partial charge in [-0.3, -0.25) is 10.2 Å². The summed E-state index contributed by atoms with van der Waals surface area (Å²) in [5.74, 6) is 1.16. The number of rotatable bonds is 4. The molecule has 0 saturated heterocycles. The number of benzene rings is 3. The number of methoxy groups -OCH3 is 1. The van der Waals surface area contributed by atoms with Crippen LogP contribution in [0.4, 0.5) is 5.69 Å². The number of hydrogen-bond acceptors (Lipinski definition) is 4. The molecule has 1 aliphatic heterocycles. The molecule has 0 aromatic heterocycles. The smallest absolute Gasteiger partial charge is 0.295 e. The molecular weight excluding hydrogens is 350 g/mol. The molecule has 0 aliphatic carbocycles. The molecule has 0 spiro atoms. The number of carbonyl (C=O) groups is 1. The lowest BCUT2D eigenvalue weighted by Gasteiger charge is -2.29. The van der Waals surface area contributed by atoms with Gasteiger partial charge in [-0.25, -0.2) is 10.0 Å². The minimum Gasteiger partial charge on any atom is -0.497 e. The second-order valence-corrected chi connectivity index (χ2v) is 6.22. The van der Waals surface area contributed by atoms with Crippen molar-refractivity contribution < 1.29 is 9.53 Å². The van der Waals surface area contributed by atoms with Crippen molar-refractivity contribution in [2.24, 2.45) is 4.99 Å². The van der Waals surface area contributed by atoms with Crippen LogP contribution in [0, 0.1) is 0 Å². The molecule has 0 fully saturated rings. The van der Waals surface area contributed by atoms with Crippen molar-refractivity contribution in [2.75, 3.05) is 12.1 Å². The standard InChI is InChI=1S/C23H19N3O2/c1-28-20-14-12-17(13-15-20)16-21-23(27)26(19-10-6-3-7-11-19)25-22(24-21)18-8-4-2-5-9-18/h2-16H,1H3,(H,24,25)/b21-16+. The summed E-state index contributed by atoms with van der Waals surface area (Å²) in [4.78, 5) is 17.7. The molecule has 3 aromatic rings. The normalized spacial score (nSPS) is 15.2. The lowest BCUT2D eigenvalue weighted by atomic mass is 10.1. The number of nitrogens with one attached hydrogen (secondary N) is 1. The number of amides is 1. The lowest BCUT2D eigenvalue weighted by Crippen LogP contribution is -2.50. The highest BCUT2D eigenvalue weighted by Crippen LogP contribution is 2.22. The molecule has 5 heteroatoms. The Labute approximate surface area is 163 Å². The largest absolute Gasteiger partial charge is 0.497 e. The van der Waals surface area contributed by atoms with E-state index in [2.05, 4.69) is 10.4 Å². The zero-order valence-electron chi connectivity index (χ0n) is 15.4. The maximum atomic E-state index is 13.1. The van der Waals surface area contributed by atoms with Gasteiger partial charge in [0.05, 0.1) is 12.8 Å². The summed E-state index contributed by atoms with van der Waals surface area (Å²) in [7, 11) is 1.62. The highest BCUT2D eigenvalue weighted by Gasteiger charge is 2.27. The minimum atomic E-state index is -0.221. The van der Waals surface area contributed by atoms with Gasteiger partial charge in [-0.15, -0.1) is 0 Å². The molecule has 1 amide bonds. The monoisotopic (exact) mass is 369 g/mol. The van der Waals surface area contributed by atoms with Crippen LogP contribution in [0.25, 0.3) is 6.08 Å². The summed E-state index contributed by atoms with van der Waals surface area (Å²) in [6.07, 6.45) is 1.78. The number of hydrogen-bond donors (Lipinski definition) is 1. The first-order valence-electron chi connectivity index (χ1n) is 8.90. The van der Waals surface area contributed by atoms with Crippen molar-refractivity contribution in [3.63, 3.8) is 0 Å². The first kappa shape index (κ1) is 17.5. The van der Waals surface area contributed by atoms with Crippen LogP contribution in [0.1, 0.15) is 11.1 Å². The van der Waals surface area contributed by atoms with E-state index in [0.717, 1.165) is 22.6 Å². The average molecular weight is 369 g/mol. The van der Waals surface area contributed by atoms with Gasteiger partial charge < -0.3 is 4.74 Å². The van der Waals surface area contributed by atoms with Crippen molar-refractivity contribution in [3.8, 4) is 5.75 Å². The van der Waals surface area contributed by atoms with Crippen LogP contribution >= 0.6 is 0 Å². The van der Waals surface area contributed by atoms with E-state index < -0.39 is 0 Å². The van der Waals surface area contributed by atoms with Crippen LogP contribution in [0.2, 0.25) is 0 Å². The van der Waals surface area contributed by atoms with Gasteiger partial charge in [-0.2, -0.15) is 0 Å². The quantitative estimate of drug-likeness (QED) is 0.707. The van der Waals surface area contributed by atoms with E-state index in [1.807, 2.05) is 84.9 Å². The van der Waals surface area contributed by atoms with Crippen LogP contribution in [0.5, 0.6) is 5.75 Å². The number of anilines is 1. The Hall–Kier alpha value is -3.86. The predicted molar refractivity (Wildman–Crippen MR) is 111 cm³/mol. The zero-order chi connectivity index (χ0) is 19.3. The van der Waals surface area contributed by atoms with Crippen LogP contribution < -0.4 is 15.2 Å². The Morgan fingerprint density at radius 1 is 0.893 bits per heavy atom. The van der Waals surface area contributed by atoms with Crippen molar-refractivity contribution in [2.45, 2.75) is 0 Å². The molecule has 1 aliphatic rings. The maximum absolute atomic E-state index is 13.1. The summed E-state index contributed by atoms with van der Waals surface area (Å²) < 4.78 is 5.20. The third-order valence-electron chi connectivity index (χ3n) is 4.35. The van der Waals surface area contributed by atoms with E-state index in [1.54, 1.807) is 13.2 Å². The van der Waals surface area contributed by atoms with E-state index >= 15 is 0 Å². The molecule has 28 heavy (non-hydrogen) atoms. The van der Waals surface area contributed by atoms with Gasteiger partial charge in [-0.1, -0.05) is 60.7 Å². The van der Waals surface area contributed by atoms with Gasteiger partial charge in [0, 0.05) is 5.56 Å². The van der Waals surface area contributed by atoms with Gasteiger partial charge in [-0.05, 0) is 35.9 Å². The van der Waals surface area contributed by atoms with Gasteiger partial charge in [0.1, 0.15) is 11.4 Å². The minimum absolute atomic E-state index is 0.221. The Bertz CT molecular complexity index is 1030. The van der Waals surface area contributed by atoms with Crippen molar-refractivity contribution >= 4 is 23.5 Å². The van der Waals surface area contributed by atoms with Crippen LogP contribution in [0.15, 0.2) is 95.6 Å². The van der Waals surface area contributed by atoms with Gasteiger partial charge >= 0.3 is 0 Å². The van der Waals surface area contributed by atoms with Crippen LogP contribution in [-0.4, -0.2) is 18.9 Å². The Morgan fingerprint density at radius 2 is 1.54 bits per heavy atom. The molecule has 1 heterocycles. The molecule has 138 valence electrons. The summed E-state index contributed by atoms with van der Waals surface area (Å²) in [6, 6.07) is 26.7. The fourth-order valence-corrected chi connectivity index (χ4v) is 2.90. The Morgan fingerprint density at radius 3 is 2.18 bits per heavy atom. The molecule has 3 aromatic carbocycles. The topological polar surface area (TPSA) is 53.9 Å². The van der Waals surface area contributed by atoms with E-state index in [9.17, 15) is 4.79 Å². The Balaban J connectivity index is 1.77. The van der Waals surface area contributed by atoms with Gasteiger partial charge in [0.25, 0.3) is 5.91 Å². The predicted octanol–water partition coefficient (Wildman–Crippen LogP) is 4.03. The molecule has 0 radical (unpaired) electrons. The molecule has 4 rings (SSSR count). The maximum Gasteiger partial charge on any atom is 0.295 e. The fourth-order valence-electron chi connectivity index (χ4n) is 2.90. The number of amidine groups is 1. The zero-order valence-corrected chi connectivity index (χ0v) is 15.4. The van der Waals surface area contributed by atoms with Crippen molar-refractivity contribution in [3.05, 3.63) is 102 Å². The SMILES string of the molecule is COc1ccc(/C=C2/N=C(c3ccccc3)NN(c3ccccc3)C2=O)cc1. The fraction of sp³-hybridized carbons (Fsp3) is 0.0435. The summed E-state index contributed by atoms with van der Waals surface area (Å²) in [6.45, 7) is 0. The first-order valence-corrected chi connectivity index (χ1v) is 8.90. The summed E-state index contributed by atoms with van der Waals surface area (Å²) in [5.41, 5.74) is 6.01. The van der Waals surface area contributed by atoms with Crippen LogP contribution in [0.3, 0.4) is 0 Å². The Kier molecular flexibility index (Phi) is 4.89. The number of para-hydroxylation sites is 1. The summed E-state index contributed by atoms with van der Waals surface area (Å²) in [5, 5.41) is 1.52. The van der Waals surface area contributed by atoms with Crippen LogP contribution in [-0.2, 0) is 4.79 Å². The van der Waals surface area contributed by atoms with E-state index in [1.165, 1.54) is 5.01 Å². The number of carbonyl (C=O) groups excluding carboxylic acids is 1. The van der Waals surface area contributed by atoms with Gasteiger partial charge in [0.15, 0.2) is 5.84 Å². The third kappa shape index (κ3) is 3.64. The van der Waals surface area contributed by atoms with E-state index in [0.29, 0.717) is 11.5 Å². The summed E-state index contributed by atoms with van der Waals surface area (Å²) >= 11 is 0. The van der Waals surface area contributed by atoms with Gasteiger partial charge in [0.2, 0.25) is 0 Å². The highest BCUT2D eigenvalue weighted by atomic mass is 16.5. The molecule has 5 nitrogen and oxygen atoms in total. The number of aliphatic imine (C=N–C) groups is 1. The van der Waals surface area contributed by atoms with Crippen molar-refractivity contribution in [1.82, 2.24) is 5.43 Å². The highest BCUT2D eigenvalue weighted by molar-refractivity contribution is 6.16. The second-order valence-electron chi connectivity index (χ2n) is 6.22. The van der Waals surface area contributed by atoms with E-state index in [4.69, 9.17) is 4.74 Å². The molecule has 0 bridgehead atoms. The first-order chi connectivity index (χ1) is 13.7. The number of hydrazine groups is 1.